The first-order chi connectivity index (χ1) is 19.2. The minimum Gasteiger partial charge on any atom is -0.397 e. The van der Waals surface area contributed by atoms with E-state index in [0.29, 0.717) is 16.7 Å². The van der Waals surface area contributed by atoms with Gasteiger partial charge in [0.05, 0.1) is 5.52 Å². The highest BCUT2D eigenvalue weighted by molar-refractivity contribution is 7.99. The molecule has 6 atom stereocenters. The number of nitrogens with zero attached hydrogens (tertiary/aromatic N) is 1. The minimum absolute atomic E-state index is 0.0626. The Kier molecular flexibility index (Phi) is 11.4. The summed E-state index contributed by atoms with van der Waals surface area (Å²) in [5.41, 5.74) is 3.23. The molecule has 3 aliphatic rings. The van der Waals surface area contributed by atoms with Gasteiger partial charge < -0.3 is 5.11 Å². The first kappa shape index (κ1) is 32.3. The third-order valence-electron chi connectivity index (χ3n) is 10.4. The number of aliphatic hydroxyl groups excluding tert-OH is 1. The van der Waals surface area contributed by atoms with Crippen LogP contribution in [0.4, 0.5) is 0 Å². The molecule has 0 aliphatic heterocycles. The first-order valence-electron chi connectivity index (χ1n) is 15.2. The Morgan fingerprint density at radius 1 is 1.07 bits per heavy atom. The molecule has 0 bridgehead atoms. The van der Waals surface area contributed by atoms with Crippen molar-refractivity contribution in [2.75, 3.05) is 12.4 Å². The molecule has 0 spiro atoms. The number of rotatable bonds is 5. The minimum atomic E-state index is 0.0626. The molecule has 0 amide bonds. The lowest BCUT2D eigenvalue weighted by atomic mass is 9.46. The summed E-state index contributed by atoms with van der Waals surface area (Å²) < 4.78 is 0. The summed E-state index contributed by atoms with van der Waals surface area (Å²) in [4.78, 5) is 16.8. The average molecular weight is 562 g/mol. The lowest BCUT2D eigenvalue weighted by Gasteiger charge is -2.58. The van der Waals surface area contributed by atoms with Crippen LogP contribution in [-0.2, 0) is 4.79 Å². The normalized spacial score (nSPS) is 33.8. The number of aliphatic hydroxyl groups is 1. The summed E-state index contributed by atoms with van der Waals surface area (Å²) in [5, 5.41) is 8.79. The zero-order valence-corrected chi connectivity index (χ0v) is 26.5. The second kappa shape index (κ2) is 14.1. The molecule has 5 unspecified atom stereocenters. The van der Waals surface area contributed by atoms with Crippen molar-refractivity contribution in [1.29, 1.82) is 0 Å². The van der Waals surface area contributed by atoms with Crippen LogP contribution in [0.2, 0.25) is 0 Å². The first-order valence-corrected chi connectivity index (χ1v) is 16.2. The van der Waals surface area contributed by atoms with E-state index < -0.39 is 0 Å². The fraction of sp³-hybridized carbons (Fsp3) is 0.556. The van der Waals surface area contributed by atoms with Crippen molar-refractivity contribution < 1.29 is 9.90 Å². The van der Waals surface area contributed by atoms with E-state index in [-0.39, 0.29) is 12.0 Å². The van der Waals surface area contributed by atoms with Crippen LogP contribution in [0.1, 0.15) is 80.1 Å². The lowest BCUT2D eigenvalue weighted by Crippen LogP contribution is -2.50. The summed E-state index contributed by atoms with van der Waals surface area (Å²) in [6, 6.07) is 10.4. The second-order valence-electron chi connectivity index (χ2n) is 12.2. The third kappa shape index (κ3) is 6.19. The molecule has 1 N–H and O–H groups in total. The SMILES string of the molecule is C=C[C@@]1(C)CCC2C3CC/C(=C/C=O)C(C)(/C=C\C)C3CCC21C.CCO.CCSc1cccc2cccnc12. The fourth-order valence-corrected chi connectivity index (χ4v) is 8.97. The zero-order valence-electron chi connectivity index (χ0n) is 25.7. The maximum absolute atomic E-state index is 11.2. The maximum atomic E-state index is 11.2. The Morgan fingerprint density at radius 2 is 1.77 bits per heavy atom. The van der Waals surface area contributed by atoms with E-state index in [2.05, 4.69) is 88.7 Å². The van der Waals surface area contributed by atoms with Gasteiger partial charge in [0.25, 0.3) is 0 Å². The van der Waals surface area contributed by atoms with E-state index in [1.807, 2.05) is 30.1 Å². The highest BCUT2D eigenvalue weighted by Gasteiger charge is 2.61. The predicted molar refractivity (Wildman–Crippen MR) is 173 cm³/mol. The van der Waals surface area contributed by atoms with Crippen LogP contribution in [0, 0.1) is 34.0 Å². The molecule has 3 aliphatic carbocycles. The monoisotopic (exact) mass is 561 g/mol. The molecule has 218 valence electrons. The molecule has 40 heavy (non-hydrogen) atoms. The number of pyridine rings is 1. The van der Waals surface area contributed by atoms with Crippen LogP contribution in [0.5, 0.6) is 0 Å². The van der Waals surface area contributed by atoms with E-state index in [9.17, 15) is 4.79 Å². The van der Waals surface area contributed by atoms with E-state index >= 15 is 0 Å². The molecule has 0 saturated heterocycles. The van der Waals surface area contributed by atoms with Gasteiger partial charge in [0, 0.05) is 28.5 Å². The van der Waals surface area contributed by atoms with E-state index in [0.717, 1.165) is 35.8 Å². The van der Waals surface area contributed by atoms with Gasteiger partial charge in [0.15, 0.2) is 0 Å². The molecule has 3 fully saturated rings. The molecule has 2 aromatic rings. The van der Waals surface area contributed by atoms with E-state index in [4.69, 9.17) is 5.11 Å². The van der Waals surface area contributed by atoms with Gasteiger partial charge in [-0.25, -0.2) is 0 Å². The van der Waals surface area contributed by atoms with Gasteiger partial charge in [-0.05, 0) is 105 Å². The predicted octanol–water partition coefficient (Wildman–Crippen LogP) is 9.47. The zero-order chi connectivity index (χ0) is 29.4. The number of aldehydes is 1. The number of carbonyl (C=O) groups is 1. The molecule has 1 heterocycles. The highest BCUT2D eigenvalue weighted by atomic mass is 32.2. The average Bonchev–Trinajstić information content (AvgIpc) is 3.23. The quantitative estimate of drug-likeness (QED) is 0.171. The van der Waals surface area contributed by atoms with Gasteiger partial charge in [0.2, 0.25) is 0 Å². The van der Waals surface area contributed by atoms with Crippen LogP contribution >= 0.6 is 11.8 Å². The van der Waals surface area contributed by atoms with Crippen molar-refractivity contribution in [3.63, 3.8) is 0 Å². The van der Waals surface area contributed by atoms with Crippen molar-refractivity contribution in [2.45, 2.75) is 85.0 Å². The number of hydrogen-bond acceptors (Lipinski definition) is 4. The van der Waals surface area contributed by atoms with Gasteiger partial charge in [0.1, 0.15) is 6.29 Å². The molecule has 1 aromatic carbocycles. The van der Waals surface area contributed by atoms with Crippen LogP contribution in [0.3, 0.4) is 0 Å². The number of fused-ring (bicyclic) bond motifs is 4. The van der Waals surface area contributed by atoms with Crippen molar-refractivity contribution >= 4 is 29.0 Å². The van der Waals surface area contributed by atoms with Crippen molar-refractivity contribution in [1.82, 2.24) is 4.98 Å². The van der Waals surface area contributed by atoms with Crippen LogP contribution in [-0.4, -0.2) is 28.7 Å². The summed E-state index contributed by atoms with van der Waals surface area (Å²) in [5.74, 6) is 3.37. The Bertz CT molecular complexity index is 1200. The summed E-state index contributed by atoms with van der Waals surface area (Å²) in [7, 11) is 0. The van der Waals surface area contributed by atoms with Crippen LogP contribution in [0.15, 0.2) is 77.9 Å². The van der Waals surface area contributed by atoms with E-state index in [1.54, 1.807) is 6.92 Å². The van der Waals surface area contributed by atoms with Crippen molar-refractivity contribution in [3.05, 3.63) is 73.0 Å². The largest absolute Gasteiger partial charge is 0.397 e. The van der Waals surface area contributed by atoms with Crippen molar-refractivity contribution in [3.8, 4) is 0 Å². The van der Waals surface area contributed by atoms with Gasteiger partial charge >= 0.3 is 0 Å². The number of allylic oxidation sites excluding steroid dienone is 5. The smallest absolute Gasteiger partial charge is 0.142 e. The van der Waals surface area contributed by atoms with Gasteiger partial charge in [-0.3, -0.25) is 9.78 Å². The second-order valence-corrected chi connectivity index (χ2v) is 13.5. The maximum Gasteiger partial charge on any atom is 0.142 e. The van der Waals surface area contributed by atoms with Gasteiger partial charge in [-0.15, -0.1) is 18.3 Å². The van der Waals surface area contributed by atoms with Gasteiger partial charge in [-0.2, -0.15) is 0 Å². The molecule has 0 radical (unpaired) electrons. The number of benzene rings is 1. The van der Waals surface area contributed by atoms with Crippen molar-refractivity contribution in [2.24, 2.45) is 34.0 Å². The Morgan fingerprint density at radius 3 is 2.42 bits per heavy atom. The van der Waals surface area contributed by atoms with Gasteiger partial charge in [-0.1, -0.05) is 69.7 Å². The molecule has 3 nitrogen and oxygen atoms in total. The summed E-state index contributed by atoms with van der Waals surface area (Å²) in [6.07, 6.45) is 19.1. The number of aromatic nitrogens is 1. The standard InChI is InChI=1S/C23H34O.C11H11NS.C2H6O/c1-6-13-22(4)17(12-16-24)8-9-18-19(22)11-15-23(5)20(18)10-14-21(23,3)7-2;1-2-13-10-7-3-5-9-6-4-8-12-11(9)10;1-2-3/h6-7,12-13,16,18-20H,2,8-11,14-15H2,1,3-5H3;3-8H,2H2,1H3;3H,2H2,1H3/b13-6-,17-12-;;/t18?,19?,20?,21-,22?,23?;;/m0../s1. The number of hydrogen-bond donors (Lipinski definition) is 1. The molecule has 3 saturated carbocycles. The topological polar surface area (TPSA) is 50.2 Å². The third-order valence-corrected chi connectivity index (χ3v) is 11.4. The lowest BCUT2D eigenvalue weighted by molar-refractivity contribution is -0.104. The van der Waals surface area contributed by atoms with Crippen LogP contribution < -0.4 is 0 Å². The molecule has 5 rings (SSSR count). The molecular formula is C36H51NO2S. The van der Waals surface area contributed by atoms with E-state index in [1.165, 1.54) is 48.0 Å². The summed E-state index contributed by atoms with van der Waals surface area (Å²) in [6.45, 7) is 17.7. The number of para-hydroxylation sites is 1. The Hall–Kier alpha value is -2.17. The molecule has 4 heteroatoms. The fourth-order valence-electron chi connectivity index (χ4n) is 8.17. The highest BCUT2D eigenvalue weighted by Crippen LogP contribution is 2.69. The molecule has 1 aromatic heterocycles. The Labute approximate surface area is 247 Å². The Balaban J connectivity index is 0.000000231. The van der Waals surface area contributed by atoms with Crippen LogP contribution in [0.25, 0.3) is 10.9 Å². The number of carbonyl (C=O) groups excluding carboxylic acids is 1. The number of thioether (sulfide) groups is 1. The summed E-state index contributed by atoms with van der Waals surface area (Å²) >= 11 is 1.84. The molecular weight excluding hydrogens is 510 g/mol.